The maximum Gasteiger partial charge on any atom is 0.136 e. The largest absolute Gasteiger partial charge is 0.507 e. The summed E-state index contributed by atoms with van der Waals surface area (Å²) in [6.45, 7) is 0. The molecule has 0 atom stereocenters. The van der Waals surface area contributed by atoms with Crippen molar-refractivity contribution in [3.63, 3.8) is 0 Å². The van der Waals surface area contributed by atoms with Crippen molar-refractivity contribution in [1.29, 1.82) is 0 Å². The Morgan fingerprint density at radius 1 is 0.362 bits per heavy atom. The number of hydrogen-bond acceptors (Lipinski definition) is 6. The molecule has 2 radical (unpaired) electrons. The van der Waals surface area contributed by atoms with Crippen LogP contribution in [0.5, 0.6) is 11.5 Å². The lowest BCUT2D eigenvalue weighted by Crippen LogP contribution is -2.00. The second-order valence-electron chi connectivity index (χ2n) is 13.4. The van der Waals surface area contributed by atoms with Gasteiger partial charge in [0.1, 0.15) is 64.0 Å². The summed E-state index contributed by atoms with van der Waals surface area (Å²) in [6.07, 6.45) is 0. The number of benzene rings is 8. The molecule has 58 heavy (non-hydrogen) atoms. The molecule has 0 bridgehead atoms. The van der Waals surface area contributed by atoms with E-state index in [1.54, 1.807) is 18.2 Å². The molecule has 6 N–H and O–H groups in total. The van der Waals surface area contributed by atoms with Gasteiger partial charge in [0, 0.05) is 48.7 Å². The van der Waals surface area contributed by atoms with Gasteiger partial charge < -0.3 is 38.8 Å². The van der Waals surface area contributed by atoms with Gasteiger partial charge in [0.05, 0.1) is 3.57 Å². The highest BCUT2D eigenvalue weighted by atomic mass is 127. The van der Waals surface area contributed by atoms with Crippen LogP contribution in [0.25, 0.3) is 98.9 Å². The summed E-state index contributed by atoms with van der Waals surface area (Å²) in [6, 6.07) is 50.3. The molecule has 0 amide bonds. The first-order valence-corrected chi connectivity index (χ1v) is 19.0. The Morgan fingerprint density at radius 3 is 1.29 bits per heavy atom. The van der Waals surface area contributed by atoms with E-state index in [0.717, 1.165) is 108 Å². The first-order chi connectivity index (χ1) is 27.4. The molecule has 4 heterocycles. The second-order valence-corrected chi connectivity index (χ2v) is 14.5. The molecule has 0 aliphatic carbocycles. The normalized spacial score (nSPS) is 11.1. The van der Waals surface area contributed by atoms with Gasteiger partial charge in [-0.3, -0.25) is 0 Å². The lowest BCUT2D eigenvalue weighted by atomic mass is 9.91. The standard InChI is InChI=1S/C24H14O3.C12H7BO.C12H7IO2.2H2O/c25-17-12-13-21-24(15-7-2-4-10-19(15)27-21)23(17)16-8-5-11-20-22(16)14-6-1-3-9-18(14)26-20;13-9-5-3-7-11-12(9)8-4-1-2-6-10(8)14-11;13-12-8(14)5-6-10-11(12)7-3-1-2-4-9(7)15-10;;/h1-13,25H;1-7H;1-6,14H;2*1H2. The monoisotopic (exact) mass is 874 g/mol. The van der Waals surface area contributed by atoms with Crippen molar-refractivity contribution in [2.45, 2.75) is 0 Å². The SMILES string of the molecule is O.O.Oc1ccc2oc3ccccc3c2c1-c1cccc2oc3ccccc3c12.Oc1ccc2oc3ccccc3c2c1I.[B]c1cccc2oc3ccccc3c12. The molecule has 4 aromatic heterocycles. The zero-order valence-electron chi connectivity index (χ0n) is 30.5. The van der Waals surface area contributed by atoms with Crippen molar-refractivity contribution in [2.24, 2.45) is 0 Å². The van der Waals surface area contributed by atoms with Crippen molar-refractivity contribution in [3.05, 3.63) is 161 Å². The highest BCUT2D eigenvalue weighted by Gasteiger charge is 2.20. The van der Waals surface area contributed by atoms with Gasteiger partial charge in [-0.1, -0.05) is 103 Å². The molecule has 10 heteroatoms. The average molecular weight is 874 g/mol. The van der Waals surface area contributed by atoms with Gasteiger partial charge >= 0.3 is 0 Å². The fourth-order valence-electron chi connectivity index (χ4n) is 7.63. The summed E-state index contributed by atoms with van der Waals surface area (Å²) in [4.78, 5) is 0. The Labute approximate surface area is 344 Å². The summed E-state index contributed by atoms with van der Waals surface area (Å²) in [5.41, 5.74) is 9.11. The van der Waals surface area contributed by atoms with E-state index in [2.05, 4.69) is 28.7 Å². The third-order valence-electron chi connectivity index (χ3n) is 10.1. The molecule has 0 saturated heterocycles. The van der Waals surface area contributed by atoms with Gasteiger partial charge in [-0.05, 0) is 88.8 Å². The fourth-order valence-corrected chi connectivity index (χ4v) is 8.36. The van der Waals surface area contributed by atoms with Crippen LogP contribution < -0.4 is 5.46 Å². The van der Waals surface area contributed by atoms with Gasteiger partial charge in [0.2, 0.25) is 0 Å². The molecule has 8 nitrogen and oxygen atoms in total. The minimum Gasteiger partial charge on any atom is -0.507 e. The predicted octanol–water partition coefficient (Wildman–Crippen LogP) is 11.5. The third kappa shape index (κ3) is 6.28. The second kappa shape index (κ2) is 15.3. The van der Waals surface area contributed by atoms with Crippen LogP contribution in [0.15, 0.2) is 175 Å². The van der Waals surface area contributed by atoms with Crippen molar-refractivity contribution >= 4 is 124 Å². The molecule has 0 fully saturated rings. The quantitative estimate of drug-likeness (QED) is 0.123. The van der Waals surface area contributed by atoms with E-state index >= 15 is 0 Å². The molecule has 12 rings (SSSR count). The molecule has 0 unspecified atom stereocenters. The number of furan rings is 4. The number of phenolic OH excluding ortho intramolecular Hbond substituents is 2. The van der Waals surface area contributed by atoms with Crippen molar-refractivity contribution in [1.82, 2.24) is 0 Å². The maximum atomic E-state index is 10.8. The Balaban J connectivity index is 0.000000129. The topological polar surface area (TPSA) is 156 Å². The van der Waals surface area contributed by atoms with E-state index in [1.165, 1.54) is 0 Å². The van der Waals surface area contributed by atoms with Crippen LogP contribution in [0.4, 0.5) is 0 Å². The molecule has 0 aliphatic rings. The zero-order chi connectivity index (χ0) is 37.9. The lowest BCUT2D eigenvalue weighted by Gasteiger charge is -2.08. The summed E-state index contributed by atoms with van der Waals surface area (Å²) in [7, 11) is 5.91. The third-order valence-corrected chi connectivity index (χ3v) is 11.2. The highest BCUT2D eigenvalue weighted by molar-refractivity contribution is 14.1. The van der Waals surface area contributed by atoms with Gasteiger partial charge in [0.15, 0.2) is 0 Å². The molecule has 0 spiro atoms. The van der Waals surface area contributed by atoms with Crippen LogP contribution in [0.2, 0.25) is 0 Å². The van der Waals surface area contributed by atoms with E-state index in [4.69, 9.17) is 25.5 Å². The maximum absolute atomic E-state index is 10.8. The van der Waals surface area contributed by atoms with Gasteiger partial charge in [-0.2, -0.15) is 0 Å². The lowest BCUT2D eigenvalue weighted by molar-refractivity contribution is 0.472. The molecule has 12 aromatic rings. The summed E-state index contributed by atoms with van der Waals surface area (Å²) >= 11 is 2.14. The van der Waals surface area contributed by atoms with Crippen molar-refractivity contribution in [3.8, 4) is 22.6 Å². The number of para-hydroxylation sites is 4. The summed E-state index contributed by atoms with van der Waals surface area (Å²) in [5, 5.41) is 28.6. The van der Waals surface area contributed by atoms with Gasteiger partial charge in [-0.25, -0.2) is 0 Å². The number of rotatable bonds is 1. The van der Waals surface area contributed by atoms with Gasteiger partial charge in [0.25, 0.3) is 0 Å². The highest BCUT2D eigenvalue weighted by Crippen LogP contribution is 2.46. The van der Waals surface area contributed by atoms with Crippen LogP contribution in [0, 0.1) is 3.57 Å². The number of halogens is 1. The van der Waals surface area contributed by atoms with E-state index in [0.29, 0.717) is 5.75 Å². The molecule has 0 saturated carbocycles. The number of fused-ring (bicyclic) bond motifs is 12. The zero-order valence-corrected chi connectivity index (χ0v) is 32.7. The summed E-state index contributed by atoms with van der Waals surface area (Å²) < 4.78 is 24.2. The minimum atomic E-state index is 0. The van der Waals surface area contributed by atoms with Crippen LogP contribution in [-0.4, -0.2) is 29.0 Å². The smallest absolute Gasteiger partial charge is 0.136 e. The summed E-state index contributed by atoms with van der Waals surface area (Å²) in [5.74, 6) is 0.529. The minimum absolute atomic E-state index is 0. The number of phenols is 2. The van der Waals surface area contributed by atoms with E-state index in [1.807, 2.05) is 133 Å². The van der Waals surface area contributed by atoms with Crippen LogP contribution in [-0.2, 0) is 0 Å². The Hall–Kier alpha value is -6.73. The van der Waals surface area contributed by atoms with Crippen molar-refractivity contribution in [2.75, 3.05) is 0 Å². The Kier molecular flexibility index (Phi) is 10.1. The fraction of sp³-hybridized carbons (Fsp3) is 0. The molecular weight excluding hydrogens is 842 g/mol. The van der Waals surface area contributed by atoms with E-state index in [-0.39, 0.29) is 16.7 Å². The van der Waals surface area contributed by atoms with Crippen LogP contribution in [0.1, 0.15) is 0 Å². The van der Waals surface area contributed by atoms with Crippen LogP contribution in [0.3, 0.4) is 0 Å². The molecule has 282 valence electrons. The van der Waals surface area contributed by atoms with Gasteiger partial charge in [-0.15, -0.1) is 0 Å². The first kappa shape index (κ1) is 38.2. The van der Waals surface area contributed by atoms with E-state index in [9.17, 15) is 10.2 Å². The molecule has 8 aromatic carbocycles. The Bertz CT molecular complexity index is 3450. The number of hydrogen-bond donors (Lipinski definition) is 2. The Morgan fingerprint density at radius 2 is 0.741 bits per heavy atom. The molecular formula is C48H32BIO8. The average Bonchev–Trinajstić information content (AvgIpc) is 4.00. The van der Waals surface area contributed by atoms with Crippen molar-refractivity contribution < 1.29 is 38.8 Å². The van der Waals surface area contributed by atoms with E-state index < -0.39 is 0 Å². The first-order valence-electron chi connectivity index (χ1n) is 17.9. The predicted molar refractivity (Wildman–Crippen MR) is 243 cm³/mol. The molecule has 0 aliphatic heterocycles. The number of aromatic hydroxyl groups is 2. The van der Waals surface area contributed by atoms with Crippen LogP contribution >= 0.6 is 22.6 Å².